The van der Waals surface area contributed by atoms with Gasteiger partial charge in [0.1, 0.15) is 5.75 Å². The number of aliphatic carboxylic acids is 1. The molecule has 0 aromatic heterocycles. The number of nitrogens with one attached hydrogen (secondary N) is 1. The minimum atomic E-state index is -1.40. The van der Waals surface area contributed by atoms with Crippen LogP contribution in [0.3, 0.4) is 0 Å². The van der Waals surface area contributed by atoms with Gasteiger partial charge in [0.2, 0.25) is 0 Å². The van der Waals surface area contributed by atoms with Crippen LogP contribution in [0.1, 0.15) is 5.56 Å². The van der Waals surface area contributed by atoms with Crippen LogP contribution in [0.2, 0.25) is 0 Å². The van der Waals surface area contributed by atoms with Crippen LogP contribution in [0.5, 0.6) is 5.75 Å². The molecule has 2 N–H and O–H groups in total. The molecule has 0 saturated carbocycles. The molecule has 0 radical (unpaired) electrons. The fourth-order valence-electron chi connectivity index (χ4n) is 1.26. The van der Waals surface area contributed by atoms with Gasteiger partial charge in [-0.25, -0.2) is 4.79 Å². The highest BCUT2D eigenvalue weighted by Gasteiger charge is 2.14. The highest BCUT2D eigenvalue weighted by Crippen LogP contribution is 2.11. The van der Waals surface area contributed by atoms with E-state index in [1.165, 1.54) is 12.1 Å². The van der Waals surface area contributed by atoms with Gasteiger partial charge in [0.25, 0.3) is 0 Å². The normalized spacial score (nSPS) is 11.6. The molecule has 1 amide bonds. The molecule has 92 valence electrons. The number of methoxy groups -OCH3 is 1. The number of phenolic OH excluding ortho intramolecular Hbond substituents is 1. The summed E-state index contributed by atoms with van der Waals surface area (Å²) in [6, 6.07) is 4.81. The second kappa shape index (κ2) is 5.74. The maximum Gasteiger partial charge on any atom is 0.407 e. The Balaban J connectivity index is 2.70. The first-order valence-electron chi connectivity index (χ1n) is 4.86. The molecule has 0 aliphatic rings. The Morgan fingerprint density at radius 1 is 1.41 bits per heavy atom. The van der Waals surface area contributed by atoms with Crippen molar-refractivity contribution in [3.05, 3.63) is 29.8 Å². The fourth-order valence-corrected chi connectivity index (χ4v) is 1.26. The summed E-state index contributed by atoms with van der Waals surface area (Å²) >= 11 is 0. The van der Waals surface area contributed by atoms with Crippen LogP contribution in [0.15, 0.2) is 24.3 Å². The molecule has 1 atom stereocenters. The van der Waals surface area contributed by atoms with Crippen molar-refractivity contribution >= 4 is 12.1 Å². The van der Waals surface area contributed by atoms with Gasteiger partial charge >= 0.3 is 6.09 Å². The number of phenols is 1. The number of aromatic hydroxyl groups is 1. The Morgan fingerprint density at radius 3 is 2.47 bits per heavy atom. The van der Waals surface area contributed by atoms with Gasteiger partial charge in [0.05, 0.1) is 19.1 Å². The van der Waals surface area contributed by atoms with E-state index < -0.39 is 18.1 Å². The molecular formula is C11H12NO5-. The number of rotatable bonds is 4. The Bertz CT molecular complexity index is 401. The number of ether oxygens (including phenoxy) is 1. The van der Waals surface area contributed by atoms with Gasteiger partial charge in [0.15, 0.2) is 0 Å². The van der Waals surface area contributed by atoms with Crippen LogP contribution in [0, 0.1) is 0 Å². The topological polar surface area (TPSA) is 98.7 Å². The highest BCUT2D eigenvalue weighted by atomic mass is 16.5. The van der Waals surface area contributed by atoms with Gasteiger partial charge in [0, 0.05) is 0 Å². The number of carboxylic acid groups (broad SMARTS) is 1. The number of benzene rings is 1. The zero-order chi connectivity index (χ0) is 12.8. The average molecular weight is 238 g/mol. The monoisotopic (exact) mass is 238 g/mol. The lowest BCUT2D eigenvalue weighted by Crippen LogP contribution is -2.49. The summed E-state index contributed by atoms with van der Waals surface area (Å²) in [5.41, 5.74) is 0.647. The van der Waals surface area contributed by atoms with Gasteiger partial charge in [-0.15, -0.1) is 0 Å². The summed E-state index contributed by atoms with van der Waals surface area (Å²) in [4.78, 5) is 21.7. The Labute approximate surface area is 97.8 Å². The lowest BCUT2D eigenvalue weighted by Gasteiger charge is -2.18. The van der Waals surface area contributed by atoms with Crippen molar-refractivity contribution in [2.24, 2.45) is 0 Å². The third kappa shape index (κ3) is 4.02. The second-order valence-corrected chi connectivity index (χ2v) is 3.38. The van der Waals surface area contributed by atoms with Crippen LogP contribution in [0.4, 0.5) is 4.79 Å². The average Bonchev–Trinajstić information content (AvgIpc) is 2.30. The minimum Gasteiger partial charge on any atom is -0.548 e. The predicted molar refractivity (Wildman–Crippen MR) is 56.1 cm³/mol. The van der Waals surface area contributed by atoms with E-state index in [4.69, 9.17) is 5.11 Å². The third-order valence-corrected chi connectivity index (χ3v) is 2.14. The van der Waals surface area contributed by atoms with Gasteiger partial charge in [-0.3, -0.25) is 0 Å². The molecule has 0 spiro atoms. The number of hydrogen-bond acceptors (Lipinski definition) is 5. The quantitative estimate of drug-likeness (QED) is 0.730. The van der Waals surface area contributed by atoms with Gasteiger partial charge < -0.3 is 25.1 Å². The molecule has 17 heavy (non-hydrogen) atoms. The largest absolute Gasteiger partial charge is 0.548 e. The maximum absolute atomic E-state index is 10.9. The number of amides is 1. The summed E-state index contributed by atoms with van der Waals surface area (Å²) in [5, 5.41) is 22.0. The number of alkyl carbamates (subject to hydrolysis) is 1. The molecule has 0 heterocycles. The molecule has 0 bridgehead atoms. The first kappa shape index (κ1) is 12.8. The van der Waals surface area contributed by atoms with E-state index in [-0.39, 0.29) is 12.2 Å². The highest BCUT2D eigenvalue weighted by molar-refractivity contribution is 5.78. The Kier molecular flexibility index (Phi) is 4.33. The van der Waals surface area contributed by atoms with Gasteiger partial charge in [-0.1, -0.05) is 12.1 Å². The van der Waals surface area contributed by atoms with Crippen molar-refractivity contribution in [2.45, 2.75) is 12.5 Å². The zero-order valence-electron chi connectivity index (χ0n) is 9.17. The molecule has 6 nitrogen and oxygen atoms in total. The number of hydrogen-bond donors (Lipinski definition) is 2. The Hall–Kier alpha value is -2.24. The Morgan fingerprint density at radius 2 is 2.00 bits per heavy atom. The van der Waals surface area contributed by atoms with Crippen molar-refractivity contribution in [1.82, 2.24) is 5.32 Å². The molecule has 1 aromatic carbocycles. The molecule has 0 saturated heterocycles. The first-order chi connectivity index (χ1) is 8.02. The third-order valence-electron chi connectivity index (χ3n) is 2.14. The predicted octanol–water partition coefficient (Wildman–Crippen LogP) is -0.591. The lowest BCUT2D eigenvalue weighted by molar-refractivity contribution is -0.308. The van der Waals surface area contributed by atoms with Crippen LogP contribution in [-0.2, 0) is 16.0 Å². The van der Waals surface area contributed by atoms with E-state index in [2.05, 4.69) is 10.1 Å². The van der Waals surface area contributed by atoms with Crippen LogP contribution < -0.4 is 10.4 Å². The van der Waals surface area contributed by atoms with Crippen LogP contribution >= 0.6 is 0 Å². The van der Waals surface area contributed by atoms with E-state index in [0.717, 1.165) is 7.11 Å². The molecule has 0 aliphatic carbocycles. The van der Waals surface area contributed by atoms with Gasteiger partial charge in [-0.05, 0) is 24.1 Å². The molecule has 1 rings (SSSR count). The van der Waals surface area contributed by atoms with Crippen LogP contribution in [-0.4, -0.2) is 30.3 Å². The van der Waals surface area contributed by atoms with E-state index >= 15 is 0 Å². The zero-order valence-corrected chi connectivity index (χ0v) is 9.17. The van der Waals surface area contributed by atoms with E-state index in [9.17, 15) is 14.7 Å². The lowest BCUT2D eigenvalue weighted by atomic mass is 10.1. The molecule has 0 fully saturated rings. The standard InChI is InChI=1S/C11H13NO5/c1-17-11(16)12-9(10(14)15)6-7-2-4-8(13)5-3-7/h2-5,9,13H,6H2,1H3,(H,12,16)(H,14,15)/p-1. The summed E-state index contributed by atoms with van der Waals surface area (Å²) in [5.74, 6) is -1.32. The number of carboxylic acids is 1. The fraction of sp³-hybridized carbons (Fsp3) is 0.273. The van der Waals surface area contributed by atoms with Crippen molar-refractivity contribution in [3.8, 4) is 5.75 Å². The molecule has 6 heteroatoms. The minimum absolute atomic E-state index is 0.0533. The van der Waals surface area contributed by atoms with Crippen molar-refractivity contribution in [3.63, 3.8) is 0 Å². The maximum atomic E-state index is 10.9. The van der Waals surface area contributed by atoms with E-state index in [1.807, 2.05) is 0 Å². The summed E-state index contributed by atoms with van der Waals surface area (Å²) in [6.45, 7) is 0. The number of carbonyl (C=O) groups excluding carboxylic acids is 2. The molecule has 1 unspecified atom stereocenters. The molecular weight excluding hydrogens is 226 g/mol. The first-order valence-corrected chi connectivity index (χ1v) is 4.86. The van der Waals surface area contributed by atoms with E-state index in [1.54, 1.807) is 12.1 Å². The van der Waals surface area contributed by atoms with Crippen LogP contribution in [0.25, 0.3) is 0 Å². The number of carbonyl (C=O) groups is 2. The summed E-state index contributed by atoms with van der Waals surface area (Å²) in [6.07, 6.45) is -0.782. The smallest absolute Gasteiger partial charge is 0.407 e. The summed E-state index contributed by atoms with van der Waals surface area (Å²) in [7, 11) is 1.14. The second-order valence-electron chi connectivity index (χ2n) is 3.38. The van der Waals surface area contributed by atoms with Gasteiger partial charge in [-0.2, -0.15) is 0 Å². The molecule has 0 aliphatic heterocycles. The van der Waals surface area contributed by atoms with Crippen molar-refractivity contribution in [1.29, 1.82) is 0 Å². The van der Waals surface area contributed by atoms with Crippen molar-refractivity contribution in [2.75, 3.05) is 7.11 Å². The molecule has 1 aromatic rings. The van der Waals surface area contributed by atoms with E-state index in [0.29, 0.717) is 5.56 Å². The van der Waals surface area contributed by atoms with Crippen molar-refractivity contribution < 1.29 is 24.5 Å². The summed E-state index contributed by atoms with van der Waals surface area (Å²) < 4.78 is 4.31. The SMILES string of the molecule is COC(=O)NC(Cc1ccc(O)cc1)C(=O)[O-].